The van der Waals surface area contributed by atoms with Gasteiger partial charge in [-0.2, -0.15) is 0 Å². The zero-order valence-electron chi connectivity index (χ0n) is 16.1. The van der Waals surface area contributed by atoms with Gasteiger partial charge in [0.25, 0.3) is 11.8 Å². The second-order valence-electron chi connectivity index (χ2n) is 7.16. The SMILES string of the molecule is O=C(Nc1sc2c(c1C(=O)NCc1ccccc1)CCCC2)c1ccc(F)cc1F. The number of fused-ring (bicyclic) bond motifs is 1. The van der Waals surface area contributed by atoms with E-state index in [1.54, 1.807) is 0 Å². The van der Waals surface area contributed by atoms with Gasteiger partial charge in [0.1, 0.15) is 16.6 Å². The molecular weight excluding hydrogens is 406 g/mol. The number of benzene rings is 2. The minimum absolute atomic E-state index is 0.265. The molecule has 4 nitrogen and oxygen atoms in total. The average molecular weight is 426 g/mol. The minimum atomic E-state index is -0.941. The van der Waals surface area contributed by atoms with E-state index in [9.17, 15) is 18.4 Å². The molecule has 0 bridgehead atoms. The fourth-order valence-electron chi connectivity index (χ4n) is 3.60. The van der Waals surface area contributed by atoms with Crippen LogP contribution in [0.15, 0.2) is 48.5 Å². The van der Waals surface area contributed by atoms with Gasteiger partial charge in [-0.25, -0.2) is 8.78 Å². The number of halogens is 2. The third kappa shape index (κ3) is 4.26. The van der Waals surface area contributed by atoms with E-state index in [2.05, 4.69) is 10.6 Å². The summed E-state index contributed by atoms with van der Waals surface area (Å²) in [6.45, 7) is 0.365. The molecule has 154 valence electrons. The molecule has 1 aromatic heterocycles. The van der Waals surface area contributed by atoms with Crippen molar-refractivity contribution in [2.24, 2.45) is 0 Å². The summed E-state index contributed by atoms with van der Waals surface area (Å²) in [6, 6.07) is 12.3. The predicted octanol–water partition coefficient (Wildman–Crippen LogP) is 5.09. The van der Waals surface area contributed by atoms with E-state index in [4.69, 9.17) is 0 Å². The molecule has 0 unspecified atom stereocenters. The highest BCUT2D eigenvalue weighted by molar-refractivity contribution is 7.17. The third-order valence-corrected chi connectivity index (χ3v) is 6.30. The summed E-state index contributed by atoms with van der Waals surface area (Å²) >= 11 is 1.35. The Morgan fingerprint density at radius 2 is 1.73 bits per heavy atom. The Morgan fingerprint density at radius 3 is 2.50 bits per heavy atom. The van der Waals surface area contributed by atoms with E-state index in [1.807, 2.05) is 30.3 Å². The number of rotatable bonds is 5. The number of amides is 2. The van der Waals surface area contributed by atoms with Gasteiger partial charge >= 0.3 is 0 Å². The maximum Gasteiger partial charge on any atom is 0.259 e. The van der Waals surface area contributed by atoms with Gasteiger partial charge in [-0.1, -0.05) is 30.3 Å². The second-order valence-corrected chi connectivity index (χ2v) is 8.27. The van der Waals surface area contributed by atoms with E-state index < -0.39 is 17.5 Å². The van der Waals surface area contributed by atoms with Crippen molar-refractivity contribution in [3.63, 3.8) is 0 Å². The van der Waals surface area contributed by atoms with Crippen molar-refractivity contribution in [2.45, 2.75) is 32.2 Å². The first-order valence-electron chi connectivity index (χ1n) is 9.76. The molecule has 0 atom stereocenters. The number of aryl methyl sites for hydroxylation is 1. The average Bonchev–Trinajstić information content (AvgIpc) is 3.10. The molecule has 1 heterocycles. The van der Waals surface area contributed by atoms with Gasteiger partial charge in [0.15, 0.2) is 0 Å². The molecule has 30 heavy (non-hydrogen) atoms. The van der Waals surface area contributed by atoms with Crippen molar-refractivity contribution < 1.29 is 18.4 Å². The number of nitrogens with one attached hydrogen (secondary N) is 2. The highest BCUT2D eigenvalue weighted by Crippen LogP contribution is 2.38. The Balaban J connectivity index is 1.60. The maximum absolute atomic E-state index is 14.0. The zero-order valence-corrected chi connectivity index (χ0v) is 17.0. The molecule has 7 heteroatoms. The van der Waals surface area contributed by atoms with Gasteiger partial charge in [0.05, 0.1) is 11.1 Å². The summed E-state index contributed by atoms with van der Waals surface area (Å²) in [7, 11) is 0. The largest absolute Gasteiger partial charge is 0.348 e. The molecule has 2 amide bonds. The number of carbonyl (C=O) groups is 2. The van der Waals surface area contributed by atoms with Crippen LogP contribution in [-0.4, -0.2) is 11.8 Å². The van der Waals surface area contributed by atoms with Crippen LogP contribution in [-0.2, 0) is 19.4 Å². The molecule has 0 saturated carbocycles. The lowest BCUT2D eigenvalue weighted by molar-refractivity contribution is 0.0951. The van der Waals surface area contributed by atoms with Gasteiger partial charge in [-0.3, -0.25) is 9.59 Å². The Labute approximate surface area is 176 Å². The minimum Gasteiger partial charge on any atom is -0.348 e. The first-order chi connectivity index (χ1) is 14.5. The first kappa shape index (κ1) is 20.2. The number of hydrogen-bond acceptors (Lipinski definition) is 3. The summed E-state index contributed by atoms with van der Waals surface area (Å²) in [5, 5.41) is 6.00. The summed E-state index contributed by atoms with van der Waals surface area (Å²) < 4.78 is 27.2. The Hall–Kier alpha value is -3.06. The standard InChI is InChI=1S/C23H20F2N2O2S/c24-15-10-11-16(18(25)12-15)21(28)27-23-20(17-8-4-5-9-19(17)30-23)22(29)26-13-14-6-2-1-3-7-14/h1-3,6-7,10-12H,4-5,8-9,13H2,(H,26,29)(H,27,28). The zero-order chi connectivity index (χ0) is 21.1. The van der Waals surface area contributed by atoms with Crippen LogP contribution in [0.5, 0.6) is 0 Å². The molecule has 0 spiro atoms. The van der Waals surface area contributed by atoms with Crippen molar-refractivity contribution in [3.05, 3.63) is 87.3 Å². The Morgan fingerprint density at radius 1 is 0.967 bits per heavy atom. The van der Waals surface area contributed by atoms with Crippen molar-refractivity contribution in [1.29, 1.82) is 0 Å². The Kier molecular flexibility index (Phi) is 5.90. The van der Waals surface area contributed by atoms with E-state index in [1.165, 1.54) is 11.3 Å². The van der Waals surface area contributed by atoms with Gasteiger partial charge in [-0.15, -0.1) is 11.3 Å². The van der Waals surface area contributed by atoms with E-state index >= 15 is 0 Å². The van der Waals surface area contributed by atoms with Gasteiger partial charge in [0, 0.05) is 17.5 Å². The molecule has 0 radical (unpaired) electrons. The van der Waals surface area contributed by atoms with Crippen molar-refractivity contribution in [1.82, 2.24) is 5.32 Å². The van der Waals surface area contributed by atoms with Crippen molar-refractivity contribution in [2.75, 3.05) is 5.32 Å². The summed E-state index contributed by atoms with van der Waals surface area (Å²) in [6.07, 6.45) is 3.61. The van der Waals surface area contributed by atoms with Gasteiger partial charge in [-0.05, 0) is 48.9 Å². The smallest absolute Gasteiger partial charge is 0.259 e. The summed E-state index contributed by atoms with van der Waals surface area (Å²) in [5.41, 5.74) is 2.10. The predicted molar refractivity (Wildman–Crippen MR) is 113 cm³/mol. The fourth-order valence-corrected chi connectivity index (χ4v) is 4.89. The molecule has 2 aromatic carbocycles. The lowest BCUT2D eigenvalue weighted by Crippen LogP contribution is -2.25. The van der Waals surface area contributed by atoms with Gasteiger partial charge < -0.3 is 10.6 Å². The van der Waals surface area contributed by atoms with E-state index in [0.717, 1.165) is 53.8 Å². The number of carbonyl (C=O) groups excluding carboxylic acids is 2. The van der Waals surface area contributed by atoms with Crippen LogP contribution in [0.1, 0.15) is 49.6 Å². The monoisotopic (exact) mass is 426 g/mol. The van der Waals surface area contributed by atoms with Crippen LogP contribution in [0.25, 0.3) is 0 Å². The molecule has 0 aliphatic heterocycles. The number of anilines is 1. The highest BCUT2D eigenvalue weighted by atomic mass is 32.1. The number of hydrogen-bond donors (Lipinski definition) is 2. The normalized spacial score (nSPS) is 12.9. The number of thiophene rings is 1. The quantitative estimate of drug-likeness (QED) is 0.597. The van der Waals surface area contributed by atoms with Crippen molar-refractivity contribution in [3.8, 4) is 0 Å². The molecule has 1 aliphatic carbocycles. The molecule has 3 aromatic rings. The van der Waals surface area contributed by atoms with Crippen LogP contribution in [0.4, 0.5) is 13.8 Å². The van der Waals surface area contributed by atoms with E-state index in [-0.39, 0.29) is 11.5 Å². The van der Waals surface area contributed by atoms with E-state index in [0.29, 0.717) is 23.2 Å². The maximum atomic E-state index is 14.0. The Bertz CT molecular complexity index is 1100. The van der Waals surface area contributed by atoms with Crippen LogP contribution < -0.4 is 10.6 Å². The highest BCUT2D eigenvalue weighted by Gasteiger charge is 2.27. The molecule has 0 fully saturated rings. The first-order valence-corrected chi connectivity index (χ1v) is 10.6. The lowest BCUT2D eigenvalue weighted by atomic mass is 9.95. The molecule has 4 rings (SSSR count). The fraction of sp³-hybridized carbons (Fsp3) is 0.217. The second kappa shape index (κ2) is 8.75. The van der Waals surface area contributed by atoms with Crippen LogP contribution in [0, 0.1) is 11.6 Å². The third-order valence-electron chi connectivity index (χ3n) is 5.10. The summed E-state index contributed by atoms with van der Waals surface area (Å²) in [5.74, 6) is -2.67. The molecule has 0 saturated heterocycles. The van der Waals surface area contributed by atoms with Crippen molar-refractivity contribution >= 4 is 28.2 Å². The summed E-state index contributed by atoms with van der Waals surface area (Å²) in [4.78, 5) is 26.7. The topological polar surface area (TPSA) is 58.2 Å². The van der Waals surface area contributed by atoms with Crippen LogP contribution in [0.2, 0.25) is 0 Å². The molecular formula is C23H20F2N2O2S. The van der Waals surface area contributed by atoms with Crippen LogP contribution >= 0.6 is 11.3 Å². The lowest BCUT2D eigenvalue weighted by Gasteiger charge is -2.13. The van der Waals surface area contributed by atoms with Crippen LogP contribution in [0.3, 0.4) is 0 Å². The molecule has 1 aliphatic rings. The molecule has 2 N–H and O–H groups in total. The van der Waals surface area contributed by atoms with Gasteiger partial charge in [0.2, 0.25) is 0 Å².